The van der Waals surface area contributed by atoms with E-state index in [9.17, 15) is 0 Å². The fraction of sp³-hybridized carbons (Fsp3) is 0.500. The number of alkyl halides is 1. The van der Waals surface area contributed by atoms with Crippen molar-refractivity contribution in [3.8, 4) is 0 Å². The average molecular weight is 186 g/mol. The van der Waals surface area contributed by atoms with Crippen LogP contribution in [0.15, 0.2) is 12.2 Å². The van der Waals surface area contributed by atoms with Crippen molar-refractivity contribution in [1.82, 2.24) is 14.8 Å². The molecule has 1 rings (SSSR count). The molecule has 0 saturated carbocycles. The van der Waals surface area contributed by atoms with E-state index < -0.39 is 0 Å². The molecule has 0 aliphatic carbocycles. The van der Waals surface area contributed by atoms with Crippen molar-refractivity contribution in [3.05, 3.63) is 23.8 Å². The van der Waals surface area contributed by atoms with Gasteiger partial charge in [0.25, 0.3) is 0 Å². The molecule has 0 aliphatic rings. The minimum absolute atomic E-state index is 0.471. The van der Waals surface area contributed by atoms with Crippen LogP contribution in [-0.2, 0) is 6.54 Å². The summed E-state index contributed by atoms with van der Waals surface area (Å²) in [7, 11) is 0. The van der Waals surface area contributed by atoms with Crippen LogP contribution in [0.25, 0.3) is 0 Å². The zero-order chi connectivity index (χ0) is 9.14. The number of aromatic nitrogens is 3. The first kappa shape index (κ1) is 9.26. The van der Waals surface area contributed by atoms with Crippen LogP contribution in [0, 0.1) is 13.8 Å². The number of rotatable bonds is 3. The predicted octanol–water partition coefficient (Wildman–Crippen LogP) is 1.69. The summed E-state index contributed by atoms with van der Waals surface area (Å²) < 4.78 is 1.81. The summed E-state index contributed by atoms with van der Waals surface area (Å²) >= 11 is 5.60. The van der Waals surface area contributed by atoms with Crippen LogP contribution in [0.5, 0.6) is 0 Å². The molecule has 3 nitrogen and oxygen atoms in total. The molecule has 0 amide bonds. The first-order valence-electron chi connectivity index (χ1n) is 3.74. The van der Waals surface area contributed by atoms with Crippen LogP contribution in [0.2, 0.25) is 0 Å². The molecule has 0 aromatic carbocycles. The Morgan fingerprint density at radius 1 is 1.58 bits per heavy atom. The van der Waals surface area contributed by atoms with Gasteiger partial charge in [0.05, 0.1) is 6.54 Å². The topological polar surface area (TPSA) is 30.7 Å². The fourth-order valence-electron chi connectivity index (χ4n) is 0.965. The molecule has 12 heavy (non-hydrogen) atoms. The van der Waals surface area contributed by atoms with Crippen molar-refractivity contribution >= 4 is 11.6 Å². The average Bonchev–Trinajstić information content (AvgIpc) is 2.30. The molecule has 0 aliphatic heterocycles. The second-order valence-electron chi connectivity index (χ2n) is 2.75. The van der Waals surface area contributed by atoms with Crippen LogP contribution in [0.3, 0.4) is 0 Å². The second kappa shape index (κ2) is 3.72. The van der Waals surface area contributed by atoms with Gasteiger partial charge >= 0.3 is 0 Å². The summed E-state index contributed by atoms with van der Waals surface area (Å²) in [6, 6.07) is 0. The van der Waals surface area contributed by atoms with Crippen LogP contribution in [-0.4, -0.2) is 20.6 Å². The van der Waals surface area contributed by atoms with Crippen molar-refractivity contribution in [2.75, 3.05) is 5.88 Å². The van der Waals surface area contributed by atoms with E-state index in [0.29, 0.717) is 12.4 Å². The number of halogens is 1. The molecule has 0 spiro atoms. The molecule has 1 heterocycles. The first-order valence-corrected chi connectivity index (χ1v) is 4.27. The van der Waals surface area contributed by atoms with E-state index >= 15 is 0 Å². The van der Waals surface area contributed by atoms with E-state index in [0.717, 1.165) is 17.2 Å². The quantitative estimate of drug-likeness (QED) is 0.530. The van der Waals surface area contributed by atoms with Crippen LogP contribution < -0.4 is 0 Å². The molecule has 0 atom stereocenters. The van der Waals surface area contributed by atoms with Crippen molar-refractivity contribution < 1.29 is 0 Å². The molecule has 0 unspecified atom stereocenters. The van der Waals surface area contributed by atoms with Gasteiger partial charge in [-0.1, -0.05) is 6.58 Å². The Balaban J connectivity index is 2.75. The highest BCUT2D eigenvalue weighted by Crippen LogP contribution is 2.02. The van der Waals surface area contributed by atoms with Gasteiger partial charge in [0, 0.05) is 5.88 Å². The van der Waals surface area contributed by atoms with E-state index in [-0.39, 0.29) is 0 Å². The zero-order valence-corrected chi connectivity index (χ0v) is 8.10. The Morgan fingerprint density at radius 3 is 2.67 bits per heavy atom. The maximum absolute atomic E-state index is 5.60. The van der Waals surface area contributed by atoms with E-state index in [1.54, 1.807) is 4.68 Å². The van der Waals surface area contributed by atoms with E-state index in [2.05, 4.69) is 16.7 Å². The molecule has 1 aromatic rings. The SMILES string of the molecule is C=C(CCl)Cn1nc(C)nc1C. The Morgan fingerprint density at radius 2 is 2.25 bits per heavy atom. The van der Waals surface area contributed by atoms with Gasteiger partial charge in [0.15, 0.2) is 0 Å². The maximum Gasteiger partial charge on any atom is 0.147 e. The monoisotopic (exact) mass is 185 g/mol. The lowest BCUT2D eigenvalue weighted by Gasteiger charge is -2.02. The molecular weight excluding hydrogens is 174 g/mol. The van der Waals surface area contributed by atoms with Gasteiger partial charge in [-0.25, -0.2) is 9.67 Å². The lowest BCUT2D eigenvalue weighted by molar-refractivity contribution is 0.650. The second-order valence-corrected chi connectivity index (χ2v) is 3.01. The van der Waals surface area contributed by atoms with Crippen molar-refractivity contribution in [2.24, 2.45) is 0 Å². The Hall–Kier alpha value is -0.830. The van der Waals surface area contributed by atoms with Crippen LogP contribution in [0.1, 0.15) is 11.6 Å². The van der Waals surface area contributed by atoms with Gasteiger partial charge in [0.1, 0.15) is 11.6 Å². The summed E-state index contributed by atoms with van der Waals surface area (Å²) in [5.74, 6) is 2.16. The highest BCUT2D eigenvalue weighted by molar-refractivity contribution is 6.19. The number of aryl methyl sites for hydroxylation is 2. The molecule has 0 radical (unpaired) electrons. The van der Waals surface area contributed by atoms with Crippen molar-refractivity contribution in [1.29, 1.82) is 0 Å². The molecule has 0 fully saturated rings. The Bertz CT molecular complexity index is 290. The highest BCUT2D eigenvalue weighted by atomic mass is 35.5. The van der Waals surface area contributed by atoms with Crippen molar-refractivity contribution in [3.63, 3.8) is 0 Å². The van der Waals surface area contributed by atoms with Crippen LogP contribution in [0.4, 0.5) is 0 Å². The number of nitrogens with zero attached hydrogens (tertiary/aromatic N) is 3. The number of hydrogen-bond donors (Lipinski definition) is 0. The fourth-order valence-corrected chi connectivity index (χ4v) is 1.05. The minimum atomic E-state index is 0.471. The first-order chi connectivity index (χ1) is 5.63. The molecule has 4 heteroatoms. The smallest absolute Gasteiger partial charge is 0.147 e. The van der Waals surface area contributed by atoms with Gasteiger partial charge in [0.2, 0.25) is 0 Å². The maximum atomic E-state index is 5.60. The molecule has 66 valence electrons. The third kappa shape index (κ3) is 2.08. The van der Waals surface area contributed by atoms with Gasteiger partial charge in [-0.15, -0.1) is 11.6 Å². The standard InChI is InChI=1S/C8H12ClN3/c1-6(4-9)5-12-8(3)10-7(2)11-12/h1,4-5H2,2-3H3. The van der Waals surface area contributed by atoms with Gasteiger partial charge in [-0.05, 0) is 19.4 Å². The molecule has 0 bridgehead atoms. The molecule has 1 aromatic heterocycles. The molecule has 0 saturated heterocycles. The summed E-state index contributed by atoms with van der Waals surface area (Å²) in [5.41, 5.74) is 0.949. The number of hydrogen-bond acceptors (Lipinski definition) is 2. The van der Waals surface area contributed by atoms with E-state index in [4.69, 9.17) is 11.6 Å². The third-order valence-electron chi connectivity index (χ3n) is 1.52. The largest absolute Gasteiger partial charge is 0.246 e. The zero-order valence-electron chi connectivity index (χ0n) is 7.34. The van der Waals surface area contributed by atoms with Gasteiger partial charge in [-0.2, -0.15) is 5.10 Å². The normalized spacial score (nSPS) is 10.2. The summed E-state index contributed by atoms with van der Waals surface area (Å²) in [6.45, 7) is 8.25. The van der Waals surface area contributed by atoms with E-state index in [1.807, 2.05) is 13.8 Å². The lowest BCUT2D eigenvalue weighted by Crippen LogP contribution is -2.05. The van der Waals surface area contributed by atoms with Gasteiger partial charge in [-0.3, -0.25) is 0 Å². The van der Waals surface area contributed by atoms with Gasteiger partial charge < -0.3 is 0 Å². The summed E-state index contributed by atoms with van der Waals surface area (Å²) in [4.78, 5) is 4.17. The summed E-state index contributed by atoms with van der Waals surface area (Å²) in [6.07, 6.45) is 0. The molecular formula is C8H12ClN3. The third-order valence-corrected chi connectivity index (χ3v) is 1.90. The van der Waals surface area contributed by atoms with E-state index in [1.165, 1.54) is 0 Å². The lowest BCUT2D eigenvalue weighted by atomic mass is 10.3. The van der Waals surface area contributed by atoms with Crippen molar-refractivity contribution in [2.45, 2.75) is 20.4 Å². The van der Waals surface area contributed by atoms with Crippen LogP contribution >= 0.6 is 11.6 Å². The predicted molar refractivity (Wildman–Crippen MR) is 49.4 cm³/mol. The minimum Gasteiger partial charge on any atom is -0.246 e. The number of allylic oxidation sites excluding steroid dienone is 1. The Kier molecular flexibility index (Phi) is 2.87. The highest BCUT2D eigenvalue weighted by Gasteiger charge is 2.02. The summed E-state index contributed by atoms with van der Waals surface area (Å²) in [5, 5.41) is 4.18. The Labute approximate surface area is 77.1 Å². The molecule has 0 N–H and O–H groups in total.